The fourth-order valence-corrected chi connectivity index (χ4v) is 4.33. The lowest BCUT2D eigenvalue weighted by Crippen LogP contribution is -2.17. The van der Waals surface area contributed by atoms with Gasteiger partial charge in [0.25, 0.3) is 0 Å². The van der Waals surface area contributed by atoms with Gasteiger partial charge in [-0.1, -0.05) is 59.8 Å². The van der Waals surface area contributed by atoms with E-state index in [2.05, 4.69) is 20.5 Å². The zero-order valence-corrected chi connectivity index (χ0v) is 17.8. The summed E-state index contributed by atoms with van der Waals surface area (Å²) in [5.41, 5.74) is 4.16. The molecule has 0 unspecified atom stereocenters. The first kappa shape index (κ1) is 19.7. The Bertz CT molecular complexity index is 1240. The van der Waals surface area contributed by atoms with E-state index in [0.717, 1.165) is 22.4 Å². The van der Waals surface area contributed by atoms with Crippen LogP contribution in [-0.4, -0.2) is 20.3 Å². The molecule has 154 valence electrons. The second-order valence-electron chi connectivity index (χ2n) is 6.91. The fraction of sp³-hybridized carbons (Fsp3) is 0.0870. The highest BCUT2D eigenvalue weighted by atomic mass is 35.5. The lowest BCUT2D eigenvalue weighted by Gasteiger charge is -2.19. The van der Waals surface area contributed by atoms with Crippen molar-refractivity contribution in [1.82, 2.24) is 15.2 Å². The average molecular weight is 449 g/mol. The number of ether oxygens (including phenoxy) is 1. The summed E-state index contributed by atoms with van der Waals surface area (Å²) >= 11 is 7.71. The smallest absolute Gasteiger partial charge is 0.247 e. The normalized spacial score (nSPS) is 14.5. The third kappa shape index (κ3) is 4.15. The van der Waals surface area contributed by atoms with Gasteiger partial charge in [0.05, 0.1) is 0 Å². The molecule has 2 N–H and O–H groups in total. The molecule has 1 atom stereocenters. The van der Waals surface area contributed by atoms with E-state index in [1.807, 2.05) is 60.7 Å². The Hall–Kier alpha value is -3.29. The van der Waals surface area contributed by atoms with E-state index in [9.17, 15) is 5.11 Å². The van der Waals surface area contributed by atoms with Crippen LogP contribution in [0.1, 0.15) is 17.4 Å². The van der Waals surface area contributed by atoms with Gasteiger partial charge < -0.3 is 15.2 Å². The zero-order chi connectivity index (χ0) is 21.2. The van der Waals surface area contributed by atoms with Crippen LogP contribution in [-0.2, 0) is 5.75 Å². The maximum absolute atomic E-state index is 9.63. The second kappa shape index (κ2) is 8.45. The summed E-state index contributed by atoms with van der Waals surface area (Å²) in [6.45, 7) is 0. The molecule has 0 bridgehead atoms. The first-order valence-corrected chi connectivity index (χ1v) is 11.0. The minimum absolute atomic E-state index is 0.195. The van der Waals surface area contributed by atoms with Crippen LogP contribution in [0.15, 0.2) is 78.0 Å². The lowest BCUT2D eigenvalue weighted by atomic mass is 10.1. The number of nitrogens with one attached hydrogen (secondary N) is 1. The van der Waals surface area contributed by atoms with Gasteiger partial charge in [-0.15, -0.1) is 10.2 Å². The van der Waals surface area contributed by atoms with E-state index in [0.29, 0.717) is 27.5 Å². The Morgan fingerprint density at radius 3 is 2.58 bits per heavy atom. The molecule has 0 amide bonds. The van der Waals surface area contributed by atoms with Gasteiger partial charge in [0, 0.05) is 27.6 Å². The largest absolute Gasteiger partial charge is 0.508 e. The molecule has 0 saturated heterocycles. The van der Waals surface area contributed by atoms with Crippen LogP contribution in [0.5, 0.6) is 11.6 Å². The number of thioether (sulfide) groups is 1. The molecule has 1 aliphatic heterocycles. The zero-order valence-electron chi connectivity index (χ0n) is 16.2. The number of fused-ring (bicyclic) bond motifs is 3. The van der Waals surface area contributed by atoms with E-state index in [1.54, 1.807) is 12.1 Å². The van der Waals surface area contributed by atoms with Gasteiger partial charge in [-0.05, 0) is 42.0 Å². The molecule has 1 aliphatic rings. The fourth-order valence-electron chi connectivity index (χ4n) is 3.27. The standard InChI is InChI=1S/C23H17ClN4O2S/c24-18-7-3-1-5-15(18)13-31-23-26-22-20(27-28-23)17-6-2-4-8-19(17)25-21(30-22)14-9-11-16(29)12-10-14/h1-12,21,25,29H,13H2/t21-/m1/s1. The van der Waals surface area contributed by atoms with Crippen LogP contribution in [0.3, 0.4) is 0 Å². The van der Waals surface area contributed by atoms with Crippen molar-refractivity contribution in [2.24, 2.45) is 0 Å². The molecule has 4 aromatic rings. The highest BCUT2D eigenvalue weighted by molar-refractivity contribution is 7.98. The topological polar surface area (TPSA) is 80.2 Å². The molecule has 0 spiro atoms. The molecule has 0 saturated carbocycles. The number of hydrogen-bond acceptors (Lipinski definition) is 7. The Kier molecular flexibility index (Phi) is 5.36. The lowest BCUT2D eigenvalue weighted by molar-refractivity contribution is 0.225. The van der Waals surface area contributed by atoms with Crippen molar-refractivity contribution in [2.75, 3.05) is 5.32 Å². The van der Waals surface area contributed by atoms with E-state index >= 15 is 0 Å². The summed E-state index contributed by atoms with van der Waals surface area (Å²) in [6.07, 6.45) is -0.499. The Morgan fingerprint density at radius 2 is 1.74 bits per heavy atom. The van der Waals surface area contributed by atoms with Crippen molar-refractivity contribution in [2.45, 2.75) is 17.1 Å². The van der Waals surface area contributed by atoms with Gasteiger partial charge in [-0.25, -0.2) is 0 Å². The summed E-state index contributed by atoms with van der Waals surface area (Å²) in [5.74, 6) is 1.21. The first-order valence-electron chi connectivity index (χ1n) is 9.60. The van der Waals surface area contributed by atoms with E-state index in [1.165, 1.54) is 11.8 Å². The summed E-state index contributed by atoms with van der Waals surface area (Å²) in [7, 11) is 0. The third-order valence-corrected chi connectivity index (χ3v) is 6.10. The number of rotatable bonds is 4. The highest BCUT2D eigenvalue weighted by Crippen LogP contribution is 2.39. The van der Waals surface area contributed by atoms with Crippen LogP contribution in [0, 0.1) is 0 Å². The molecule has 31 heavy (non-hydrogen) atoms. The minimum Gasteiger partial charge on any atom is -0.508 e. The number of halogens is 1. The molecule has 0 aliphatic carbocycles. The molecule has 2 heterocycles. The van der Waals surface area contributed by atoms with E-state index in [4.69, 9.17) is 16.3 Å². The highest BCUT2D eigenvalue weighted by Gasteiger charge is 2.26. The quantitative estimate of drug-likeness (QED) is 0.388. The van der Waals surface area contributed by atoms with Gasteiger partial charge in [-0.3, -0.25) is 0 Å². The van der Waals surface area contributed by atoms with Gasteiger partial charge in [0.1, 0.15) is 5.75 Å². The number of phenolic OH excluding ortho intramolecular Hbond substituents is 1. The summed E-state index contributed by atoms with van der Waals surface area (Å²) in [6, 6.07) is 22.4. The average Bonchev–Trinajstić information content (AvgIpc) is 2.95. The Balaban J connectivity index is 1.49. The number of aromatic nitrogens is 3. The monoisotopic (exact) mass is 448 g/mol. The second-order valence-corrected chi connectivity index (χ2v) is 8.26. The van der Waals surface area contributed by atoms with Crippen molar-refractivity contribution in [1.29, 1.82) is 0 Å². The van der Waals surface area contributed by atoms with E-state index in [-0.39, 0.29) is 5.75 Å². The summed E-state index contributed by atoms with van der Waals surface area (Å²) in [5, 5.41) is 23.0. The van der Waals surface area contributed by atoms with Crippen molar-refractivity contribution < 1.29 is 9.84 Å². The van der Waals surface area contributed by atoms with E-state index < -0.39 is 6.23 Å². The number of aromatic hydroxyl groups is 1. The molecule has 6 nitrogen and oxygen atoms in total. The molecule has 3 aromatic carbocycles. The van der Waals surface area contributed by atoms with Crippen LogP contribution in [0.2, 0.25) is 5.02 Å². The molecule has 0 radical (unpaired) electrons. The Labute approximate surface area is 188 Å². The number of benzene rings is 3. The third-order valence-electron chi connectivity index (χ3n) is 4.84. The predicted molar refractivity (Wildman–Crippen MR) is 121 cm³/mol. The molecule has 1 aromatic heterocycles. The first-order chi connectivity index (χ1) is 15.2. The van der Waals surface area contributed by atoms with Gasteiger partial charge in [0.2, 0.25) is 11.0 Å². The van der Waals surface area contributed by atoms with Crippen molar-refractivity contribution in [3.05, 3.63) is 88.9 Å². The van der Waals surface area contributed by atoms with Crippen molar-refractivity contribution in [3.63, 3.8) is 0 Å². The molecule has 0 fully saturated rings. The number of anilines is 1. The molecule has 5 rings (SSSR count). The van der Waals surface area contributed by atoms with Crippen LogP contribution >= 0.6 is 23.4 Å². The SMILES string of the molecule is Oc1ccc([C@@H]2Nc3ccccc3-c3nnc(SCc4ccccc4Cl)nc3O2)cc1. The van der Waals surface area contributed by atoms with Crippen molar-refractivity contribution in [3.8, 4) is 22.9 Å². The van der Waals surface area contributed by atoms with Crippen LogP contribution in [0.4, 0.5) is 5.69 Å². The minimum atomic E-state index is -0.499. The van der Waals surface area contributed by atoms with Crippen LogP contribution < -0.4 is 10.1 Å². The number of phenols is 1. The maximum Gasteiger partial charge on any atom is 0.247 e. The number of hydrogen-bond donors (Lipinski definition) is 2. The molecule has 8 heteroatoms. The van der Waals surface area contributed by atoms with Gasteiger partial charge in [0.15, 0.2) is 11.9 Å². The summed E-state index contributed by atoms with van der Waals surface area (Å²) in [4.78, 5) is 4.64. The number of para-hydroxylation sites is 1. The van der Waals surface area contributed by atoms with Gasteiger partial charge >= 0.3 is 0 Å². The maximum atomic E-state index is 9.63. The Morgan fingerprint density at radius 1 is 0.968 bits per heavy atom. The number of nitrogens with zero attached hydrogens (tertiary/aromatic N) is 3. The molecular formula is C23H17ClN4O2S. The predicted octanol–water partition coefficient (Wildman–Crippen LogP) is 5.69. The van der Waals surface area contributed by atoms with Gasteiger partial charge in [-0.2, -0.15) is 4.98 Å². The molecular weight excluding hydrogens is 432 g/mol. The van der Waals surface area contributed by atoms with Crippen molar-refractivity contribution >= 4 is 29.1 Å². The van der Waals surface area contributed by atoms with Crippen LogP contribution in [0.25, 0.3) is 11.3 Å². The summed E-state index contributed by atoms with van der Waals surface area (Å²) < 4.78 is 6.24.